The van der Waals surface area contributed by atoms with Crippen LogP contribution in [0.3, 0.4) is 0 Å². The van der Waals surface area contributed by atoms with Gasteiger partial charge in [0.1, 0.15) is 40.1 Å². The number of anilines is 1. The predicted molar refractivity (Wildman–Crippen MR) is 131 cm³/mol. The molecule has 0 aliphatic carbocycles. The molecule has 2 aliphatic rings. The molecule has 2 saturated heterocycles. The van der Waals surface area contributed by atoms with Crippen LogP contribution in [0.1, 0.15) is 61.5 Å². The highest BCUT2D eigenvalue weighted by Crippen LogP contribution is 2.38. The second-order valence-electron chi connectivity index (χ2n) is 9.41. The first-order valence-electron chi connectivity index (χ1n) is 12.0. The van der Waals surface area contributed by atoms with Crippen LogP contribution in [0.15, 0.2) is 30.6 Å². The number of ether oxygens (including phenoxy) is 2. The number of pyridine rings is 1. The molecule has 2 aromatic heterocycles. The Kier molecular flexibility index (Phi) is 6.78. The van der Waals surface area contributed by atoms with E-state index in [0.717, 1.165) is 5.56 Å². The lowest BCUT2D eigenvalue weighted by Gasteiger charge is -2.29. The highest BCUT2D eigenvalue weighted by Gasteiger charge is 2.30. The van der Waals surface area contributed by atoms with Crippen molar-refractivity contribution in [2.45, 2.75) is 50.9 Å². The minimum atomic E-state index is -3.04. The Balaban J connectivity index is 1.51. The number of nitrogens with one attached hydrogen (secondary N) is 1. The number of fused-ring (bicyclic) bond motifs is 1. The molecule has 0 bridgehead atoms. The van der Waals surface area contributed by atoms with E-state index in [2.05, 4.69) is 20.3 Å². The molecule has 4 heterocycles. The smallest absolute Gasteiger partial charge is 0.219 e. The molecule has 2 atom stereocenters. The average Bonchev–Trinajstić information content (AvgIpc) is 2.81. The van der Waals surface area contributed by atoms with Crippen molar-refractivity contribution < 1.29 is 26.7 Å². The molecule has 3 aromatic rings. The number of rotatable bonds is 7. The Morgan fingerprint density at radius 1 is 1.14 bits per heavy atom. The van der Waals surface area contributed by atoms with E-state index >= 15 is 0 Å². The Hall–Kier alpha value is -2.92. The van der Waals surface area contributed by atoms with Gasteiger partial charge in [-0.1, -0.05) is 18.2 Å². The van der Waals surface area contributed by atoms with E-state index in [9.17, 15) is 17.2 Å². The van der Waals surface area contributed by atoms with Gasteiger partial charge >= 0.3 is 0 Å². The zero-order valence-electron chi connectivity index (χ0n) is 20.1. The van der Waals surface area contributed by atoms with E-state index < -0.39 is 27.9 Å². The van der Waals surface area contributed by atoms with Crippen molar-refractivity contribution in [1.82, 2.24) is 15.0 Å². The van der Waals surface area contributed by atoms with Crippen LogP contribution in [0.4, 0.5) is 14.6 Å². The van der Waals surface area contributed by atoms with Gasteiger partial charge in [-0.05, 0) is 38.7 Å². The summed E-state index contributed by atoms with van der Waals surface area (Å²) in [5, 5.41) is 3.84. The van der Waals surface area contributed by atoms with Crippen LogP contribution in [-0.4, -0.2) is 54.2 Å². The van der Waals surface area contributed by atoms with Crippen molar-refractivity contribution in [3.05, 3.63) is 53.1 Å². The minimum Gasteiger partial charge on any atom is -0.469 e. The van der Waals surface area contributed by atoms with E-state index in [-0.39, 0.29) is 29.1 Å². The molecule has 11 heteroatoms. The molecular weight excluding hydrogens is 490 g/mol. The maximum Gasteiger partial charge on any atom is 0.219 e. The summed E-state index contributed by atoms with van der Waals surface area (Å²) < 4.78 is 64.2. The molecule has 192 valence electrons. The number of alkyl halides is 1. The minimum absolute atomic E-state index is 0.00617. The summed E-state index contributed by atoms with van der Waals surface area (Å²) in [6.07, 6.45) is 0.763. The van der Waals surface area contributed by atoms with Crippen molar-refractivity contribution in [3.63, 3.8) is 0 Å². The summed E-state index contributed by atoms with van der Waals surface area (Å²) in [6.45, 7) is 4.01. The van der Waals surface area contributed by atoms with Gasteiger partial charge in [0.2, 0.25) is 5.88 Å². The van der Waals surface area contributed by atoms with Crippen LogP contribution in [0, 0.1) is 5.82 Å². The van der Waals surface area contributed by atoms with Gasteiger partial charge in [-0.3, -0.25) is 0 Å². The third-order valence-electron chi connectivity index (χ3n) is 6.80. The summed E-state index contributed by atoms with van der Waals surface area (Å²) >= 11 is 0. The third-order valence-corrected chi connectivity index (χ3v) is 8.52. The number of benzene rings is 1. The molecule has 8 nitrogen and oxygen atoms in total. The Labute approximate surface area is 208 Å². The standard InChI is InChI=1S/C25H28F2N4O4S/c1-14(26)18-4-3-5-19(22(18)27)15(2)30-23-21-10-20(16-6-8-36(32,33)9-7-16)25(35-17-11-34-12-17)31-24(21)29-13-28-23/h3-5,10,13-17H,6-9,11-12H2,1-2H3,(H,28,29,30,31)/t14?,15-/m1/s1. The molecule has 1 aromatic carbocycles. The summed E-state index contributed by atoms with van der Waals surface area (Å²) in [7, 11) is -3.04. The van der Waals surface area contributed by atoms with Gasteiger partial charge < -0.3 is 14.8 Å². The predicted octanol–water partition coefficient (Wildman–Crippen LogP) is 4.44. The fourth-order valence-electron chi connectivity index (χ4n) is 4.62. The second kappa shape index (κ2) is 9.85. The van der Waals surface area contributed by atoms with Crippen LogP contribution in [0.25, 0.3) is 11.0 Å². The first kappa shape index (κ1) is 24.8. The van der Waals surface area contributed by atoms with E-state index in [4.69, 9.17) is 9.47 Å². The van der Waals surface area contributed by atoms with Gasteiger partial charge in [-0.15, -0.1) is 0 Å². The lowest BCUT2D eigenvalue weighted by molar-refractivity contribution is -0.0816. The summed E-state index contributed by atoms with van der Waals surface area (Å²) in [6, 6.07) is 6.05. The van der Waals surface area contributed by atoms with E-state index in [1.165, 1.54) is 19.3 Å². The van der Waals surface area contributed by atoms with Gasteiger partial charge in [0, 0.05) is 16.7 Å². The monoisotopic (exact) mass is 518 g/mol. The molecule has 2 fully saturated rings. The number of aromatic nitrogens is 3. The molecule has 0 saturated carbocycles. The van der Waals surface area contributed by atoms with E-state index in [0.29, 0.717) is 54.4 Å². The van der Waals surface area contributed by atoms with Gasteiger partial charge in [0.15, 0.2) is 5.65 Å². The fraction of sp³-hybridized carbons (Fsp3) is 0.480. The zero-order chi connectivity index (χ0) is 25.4. The van der Waals surface area contributed by atoms with Crippen molar-refractivity contribution >= 4 is 26.7 Å². The average molecular weight is 519 g/mol. The van der Waals surface area contributed by atoms with Crippen LogP contribution >= 0.6 is 0 Å². The maximum absolute atomic E-state index is 15.0. The van der Waals surface area contributed by atoms with E-state index in [1.54, 1.807) is 19.1 Å². The Morgan fingerprint density at radius 2 is 1.86 bits per heavy atom. The molecule has 2 aliphatic heterocycles. The molecule has 0 spiro atoms. The normalized spacial score (nSPS) is 20.0. The van der Waals surface area contributed by atoms with Crippen LogP contribution in [0.5, 0.6) is 5.88 Å². The first-order valence-corrected chi connectivity index (χ1v) is 13.8. The quantitative estimate of drug-likeness (QED) is 0.490. The third kappa shape index (κ3) is 4.99. The maximum atomic E-state index is 15.0. The number of halogens is 2. The summed E-state index contributed by atoms with van der Waals surface area (Å²) in [4.78, 5) is 13.3. The van der Waals surface area contributed by atoms with Crippen molar-refractivity contribution in [2.24, 2.45) is 0 Å². The second-order valence-corrected chi connectivity index (χ2v) is 11.7. The highest BCUT2D eigenvalue weighted by atomic mass is 32.2. The van der Waals surface area contributed by atoms with Crippen LogP contribution in [-0.2, 0) is 14.6 Å². The molecular formula is C25H28F2N4O4S. The molecule has 36 heavy (non-hydrogen) atoms. The molecule has 1 N–H and O–H groups in total. The number of nitrogens with zero attached hydrogens (tertiary/aromatic N) is 3. The Morgan fingerprint density at radius 3 is 2.53 bits per heavy atom. The molecule has 1 unspecified atom stereocenters. The van der Waals surface area contributed by atoms with Gasteiger partial charge in [-0.2, -0.15) is 4.98 Å². The lowest BCUT2D eigenvalue weighted by Crippen LogP contribution is -2.39. The van der Waals surface area contributed by atoms with Crippen molar-refractivity contribution in [2.75, 3.05) is 30.0 Å². The first-order chi connectivity index (χ1) is 17.2. The topological polar surface area (TPSA) is 103 Å². The Bertz CT molecular complexity index is 1370. The molecule has 5 rings (SSSR count). The largest absolute Gasteiger partial charge is 0.469 e. The number of hydrogen-bond acceptors (Lipinski definition) is 8. The fourth-order valence-corrected chi connectivity index (χ4v) is 6.11. The zero-order valence-corrected chi connectivity index (χ0v) is 20.9. The van der Waals surface area contributed by atoms with Gasteiger partial charge in [-0.25, -0.2) is 27.2 Å². The number of sulfone groups is 1. The van der Waals surface area contributed by atoms with Gasteiger partial charge in [0.05, 0.1) is 36.1 Å². The number of hydrogen-bond donors (Lipinski definition) is 1. The molecule has 0 amide bonds. The van der Waals surface area contributed by atoms with Crippen molar-refractivity contribution in [3.8, 4) is 5.88 Å². The van der Waals surface area contributed by atoms with Crippen LogP contribution in [0.2, 0.25) is 0 Å². The molecule has 0 radical (unpaired) electrons. The van der Waals surface area contributed by atoms with Crippen molar-refractivity contribution in [1.29, 1.82) is 0 Å². The SMILES string of the molecule is CC(F)c1cccc([C@@H](C)Nc2ncnc3nc(OC4COC4)c(C4CCS(=O)(=O)CC4)cc23)c1F. The summed E-state index contributed by atoms with van der Waals surface area (Å²) in [5.74, 6) is 0.448. The highest BCUT2D eigenvalue weighted by molar-refractivity contribution is 7.91. The van der Waals surface area contributed by atoms with Crippen LogP contribution < -0.4 is 10.1 Å². The van der Waals surface area contributed by atoms with Gasteiger partial charge in [0.25, 0.3) is 0 Å². The van der Waals surface area contributed by atoms with E-state index in [1.807, 2.05) is 6.07 Å². The summed E-state index contributed by atoms with van der Waals surface area (Å²) in [5.41, 5.74) is 1.52. The lowest BCUT2D eigenvalue weighted by atomic mass is 9.93.